The number of aromatic nitrogens is 3. The van der Waals surface area contributed by atoms with Crippen LogP contribution in [0.5, 0.6) is 0 Å². The zero-order chi connectivity index (χ0) is 15.0. The van der Waals surface area contributed by atoms with Crippen LogP contribution in [0, 0.1) is 5.92 Å². The first-order chi connectivity index (χ1) is 9.95. The van der Waals surface area contributed by atoms with Gasteiger partial charge in [-0.3, -0.25) is 0 Å². The molecular weight excluding hydrogens is 264 g/mol. The summed E-state index contributed by atoms with van der Waals surface area (Å²) in [5.41, 5.74) is 2.07. The Labute approximate surface area is 125 Å². The van der Waals surface area contributed by atoms with E-state index in [1.54, 1.807) is 6.20 Å². The lowest BCUT2D eigenvalue weighted by atomic mass is 9.92. The highest BCUT2D eigenvalue weighted by Gasteiger charge is 2.25. The van der Waals surface area contributed by atoms with Crippen LogP contribution in [0.3, 0.4) is 0 Å². The Hall–Kier alpha value is -1.62. The molecule has 21 heavy (non-hydrogen) atoms. The van der Waals surface area contributed by atoms with Gasteiger partial charge in [-0.25, -0.2) is 9.50 Å². The number of anilines is 1. The van der Waals surface area contributed by atoms with Gasteiger partial charge in [-0.2, -0.15) is 5.10 Å². The molecule has 2 atom stereocenters. The number of nitrogens with zero attached hydrogens (tertiary/aromatic N) is 3. The minimum Gasteiger partial charge on any atom is -0.393 e. The van der Waals surface area contributed by atoms with Crippen molar-refractivity contribution in [1.82, 2.24) is 14.6 Å². The minimum absolute atomic E-state index is 0.0188. The van der Waals surface area contributed by atoms with Crippen LogP contribution in [0.1, 0.15) is 45.7 Å². The summed E-state index contributed by atoms with van der Waals surface area (Å²) < 4.78 is 1.88. The van der Waals surface area contributed by atoms with Crippen molar-refractivity contribution in [3.8, 4) is 0 Å². The average molecular weight is 288 g/mol. The standard InChI is InChI=1S/C16H24N4O/c1-16(2,3)14-9-12-15(17-7-8-20(12)19-14)18-10-11-5-4-6-13(11)21/h7-9,11,13,21H,4-6,10H2,1-3H3,(H,17,18). The van der Waals surface area contributed by atoms with E-state index in [4.69, 9.17) is 0 Å². The van der Waals surface area contributed by atoms with E-state index in [2.05, 4.69) is 42.2 Å². The fourth-order valence-electron chi connectivity index (χ4n) is 2.91. The summed E-state index contributed by atoms with van der Waals surface area (Å²) >= 11 is 0. The van der Waals surface area contributed by atoms with Crippen molar-refractivity contribution in [2.75, 3.05) is 11.9 Å². The summed E-state index contributed by atoms with van der Waals surface area (Å²) in [4.78, 5) is 4.43. The maximum Gasteiger partial charge on any atom is 0.152 e. The topological polar surface area (TPSA) is 62.5 Å². The van der Waals surface area contributed by atoms with E-state index in [9.17, 15) is 5.11 Å². The third kappa shape index (κ3) is 2.88. The van der Waals surface area contributed by atoms with E-state index >= 15 is 0 Å². The number of aliphatic hydroxyl groups is 1. The van der Waals surface area contributed by atoms with Crippen LogP contribution in [-0.2, 0) is 5.41 Å². The number of fused-ring (bicyclic) bond motifs is 1. The molecule has 0 bridgehead atoms. The predicted molar refractivity (Wildman–Crippen MR) is 83.5 cm³/mol. The molecule has 1 fully saturated rings. The van der Waals surface area contributed by atoms with Gasteiger partial charge in [0, 0.05) is 30.3 Å². The van der Waals surface area contributed by atoms with Crippen LogP contribution in [0.4, 0.5) is 5.82 Å². The lowest BCUT2D eigenvalue weighted by Gasteiger charge is -2.15. The van der Waals surface area contributed by atoms with Crippen molar-refractivity contribution < 1.29 is 5.11 Å². The molecule has 1 aliphatic rings. The minimum atomic E-state index is -0.174. The largest absolute Gasteiger partial charge is 0.393 e. The van der Waals surface area contributed by atoms with Gasteiger partial charge in [0.15, 0.2) is 5.82 Å². The molecule has 1 aliphatic carbocycles. The summed E-state index contributed by atoms with van der Waals surface area (Å²) in [7, 11) is 0. The average Bonchev–Trinajstić information content (AvgIpc) is 3.02. The second kappa shape index (κ2) is 5.30. The lowest BCUT2D eigenvalue weighted by Crippen LogP contribution is -2.22. The Bertz CT molecular complexity index is 629. The zero-order valence-electron chi connectivity index (χ0n) is 13.0. The molecular formula is C16H24N4O. The highest BCUT2D eigenvalue weighted by atomic mass is 16.3. The molecule has 1 saturated carbocycles. The highest BCUT2D eigenvalue weighted by molar-refractivity contribution is 5.68. The first-order valence-electron chi connectivity index (χ1n) is 7.72. The highest BCUT2D eigenvalue weighted by Crippen LogP contribution is 2.27. The number of hydrogen-bond donors (Lipinski definition) is 2. The molecule has 0 aliphatic heterocycles. The van der Waals surface area contributed by atoms with E-state index in [0.717, 1.165) is 42.8 Å². The van der Waals surface area contributed by atoms with E-state index in [0.29, 0.717) is 5.92 Å². The SMILES string of the molecule is CC(C)(C)c1cc2c(NCC3CCCC3O)nccn2n1. The van der Waals surface area contributed by atoms with Crippen LogP contribution in [0.15, 0.2) is 18.5 Å². The van der Waals surface area contributed by atoms with Gasteiger partial charge in [-0.15, -0.1) is 0 Å². The third-order valence-electron chi connectivity index (χ3n) is 4.31. The lowest BCUT2D eigenvalue weighted by molar-refractivity contribution is 0.138. The van der Waals surface area contributed by atoms with Crippen LogP contribution >= 0.6 is 0 Å². The monoisotopic (exact) mass is 288 g/mol. The number of hydrogen-bond acceptors (Lipinski definition) is 4. The summed E-state index contributed by atoms with van der Waals surface area (Å²) in [5, 5.41) is 17.9. The molecule has 2 N–H and O–H groups in total. The Morgan fingerprint density at radius 1 is 1.38 bits per heavy atom. The van der Waals surface area contributed by atoms with Gasteiger partial charge in [-0.05, 0) is 18.9 Å². The molecule has 2 aromatic heterocycles. The maximum atomic E-state index is 9.91. The molecule has 2 aromatic rings. The van der Waals surface area contributed by atoms with Gasteiger partial charge in [0.2, 0.25) is 0 Å². The Kier molecular flexibility index (Phi) is 3.61. The van der Waals surface area contributed by atoms with Crippen LogP contribution < -0.4 is 5.32 Å². The second-order valence-electron chi connectivity index (χ2n) is 7.02. The Morgan fingerprint density at radius 3 is 2.86 bits per heavy atom. The Balaban J connectivity index is 1.83. The number of rotatable bonds is 3. The molecule has 0 radical (unpaired) electrons. The number of nitrogens with one attached hydrogen (secondary N) is 1. The van der Waals surface area contributed by atoms with E-state index in [1.807, 2.05) is 10.7 Å². The third-order valence-corrected chi connectivity index (χ3v) is 4.31. The van der Waals surface area contributed by atoms with Crippen molar-refractivity contribution in [2.24, 2.45) is 5.92 Å². The van der Waals surface area contributed by atoms with Gasteiger partial charge in [0.1, 0.15) is 5.52 Å². The van der Waals surface area contributed by atoms with Crippen molar-refractivity contribution >= 4 is 11.3 Å². The van der Waals surface area contributed by atoms with Gasteiger partial charge in [0.05, 0.1) is 11.8 Å². The van der Waals surface area contributed by atoms with Crippen molar-refractivity contribution in [2.45, 2.75) is 51.6 Å². The van der Waals surface area contributed by atoms with Crippen molar-refractivity contribution in [3.63, 3.8) is 0 Å². The van der Waals surface area contributed by atoms with Crippen LogP contribution in [0.2, 0.25) is 0 Å². The quantitative estimate of drug-likeness (QED) is 0.911. The van der Waals surface area contributed by atoms with E-state index < -0.39 is 0 Å². The van der Waals surface area contributed by atoms with Crippen LogP contribution in [0.25, 0.3) is 5.52 Å². The van der Waals surface area contributed by atoms with Gasteiger partial charge >= 0.3 is 0 Å². The van der Waals surface area contributed by atoms with Crippen molar-refractivity contribution in [1.29, 1.82) is 0 Å². The molecule has 114 valence electrons. The smallest absolute Gasteiger partial charge is 0.152 e. The molecule has 2 heterocycles. The maximum absolute atomic E-state index is 9.91. The molecule has 0 aromatic carbocycles. The fraction of sp³-hybridized carbons (Fsp3) is 0.625. The van der Waals surface area contributed by atoms with E-state index in [-0.39, 0.29) is 11.5 Å². The fourth-order valence-corrected chi connectivity index (χ4v) is 2.91. The van der Waals surface area contributed by atoms with Gasteiger partial charge in [0.25, 0.3) is 0 Å². The molecule has 0 saturated heterocycles. The summed E-state index contributed by atoms with van der Waals surface area (Å²) in [5.74, 6) is 1.18. The van der Waals surface area contributed by atoms with Crippen LogP contribution in [-0.4, -0.2) is 32.4 Å². The Morgan fingerprint density at radius 2 is 2.19 bits per heavy atom. The van der Waals surface area contributed by atoms with Crippen molar-refractivity contribution in [3.05, 3.63) is 24.2 Å². The summed E-state index contributed by atoms with van der Waals surface area (Å²) in [6.07, 6.45) is 6.59. The molecule has 0 amide bonds. The number of aliphatic hydroxyl groups excluding tert-OH is 1. The normalized spacial score (nSPS) is 22.9. The molecule has 0 spiro atoms. The molecule has 2 unspecified atom stereocenters. The molecule has 5 heteroatoms. The van der Waals surface area contributed by atoms with E-state index in [1.165, 1.54) is 0 Å². The molecule has 3 rings (SSSR count). The predicted octanol–water partition coefficient (Wildman–Crippen LogP) is 2.60. The zero-order valence-corrected chi connectivity index (χ0v) is 13.0. The molecule has 5 nitrogen and oxygen atoms in total. The summed E-state index contributed by atoms with van der Waals surface area (Å²) in [6.45, 7) is 7.24. The summed E-state index contributed by atoms with van der Waals surface area (Å²) in [6, 6.07) is 2.10. The first-order valence-corrected chi connectivity index (χ1v) is 7.72. The van der Waals surface area contributed by atoms with Gasteiger partial charge < -0.3 is 10.4 Å². The first kappa shape index (κ1) is 14.3. The van der Waals surface area contributed by atoms with Gasteiger partial charge in [-0.1, -0.05) is 27.2 Å². The second-order valence-corrected chi connectivity index (χ2v) is 7.02.